The summed E-state index contributed by atoms with van der Waals surface area (Å²) in [5.74, 6) is -1.27. The number of β-lactam (4-membered cyclic amide) rings is 1. The van der Waals surface area contributed by atoms with Crippen LogP contribution >= 0.6 is 23.1 Å². The molecule has 1 aromatic heterocycles. The molecule has 156 valence electrons. The van der Waals surface area contributed by atoms with E-state index in [4.69, 9.17) is 0 Å². The average Bonchev–Trinajstić information content (AvgIpc) is 3.17. The molecule has 0 spiro atoms. The number of thiophene rings is 1. The number of carboxylic acid groups (broad SMARTS) is 1. The number of carbonyl (C=O) groups excluding carboxylic acids is 3. The SMILES string of the molecule is CN(C1=N[C@@H](C(=O)[O-])N2C(=O)[C@H](NC(=O)Cc3cccs3)[C@@H]2SC1)c1ccccc1.[Na+]. The van der Waals surface area contributed by atoms with Gasteiger partial charge in [-0.05, 0) is 23.6 Å². The van der Waals surface area contributed by atoms with Gasteiger partial charge in [-0.25, -0.2) is 4.99 Å². The van der Waals surface area contributed by atoms with Crippen LogP contribution in [0, 0.1) is 0 Å². The first-order chi connectivity index (χ1) is 14.5. The molecular formula is C20H19N4NaO4S2. The number of para-hydroxylation sites is 1. The van der Waals surface area contributed by atoms with Crippen molar-refractivity contribution in [2.45, 2.75) is 24.0 Å². The second kappa shape index (κ2) is 10.2. The zero-order valence-electron chi connectivity index (χ0n) is 17.1. The zero-order valence-corrected chi connectivity index (χ0v) is 20.7. The van der Waals surface area contributed by atoms with Crippen LogP contribution in [0.15, 0.2) is 52.8 Å². The molecule has 1 saturated heterocycles. The van der Waals surface area contributed by atoms with Crippen LogP contribution < -0.4 is 44.9 Å². The maximum absolute atomic E-state index is 12.7. The molecule has 2 aromatic rings. The largest absolute Gasteiger partial charge is 1.00 e. The van der Waals surface area contributed by atoms with Gasteiger partial charge in [-0.1, -0.05) is 24.3 Å². The van der Waals surface area contributed by atoms with Gasteiger partial charge in [0.05, 0.1) is 18.1 Å². The minimum absolute atomic E-state index is 0. The predicted molar refractivity (Wildman–Crippen MR) is 114 cm³/mol. The van der Waals surface area contributed by atoms with Gasteiger partial charge >= 0.3 is 29.6 Å². The van der Waals surface area contributed by atoms with E-state index in [1.807, 2.05) is 47.8 Å². The van der Waals surface area contributed by atoms with Crippen molar-refractivity contribution in [1.29, 1.82) is 0 Å². The molecule has 8 nitrogen and oxygen atoms in total. The number of anilines is 1. The molecular weight excluding hydrogens is 447 g/mol. The minimum atomic E-state index is -1.45. The Morgan fingerprint density at radius 2 is 2.00 bits per heavy atom. The Labute approximate surface area is 210 Å². The molecule has 0 radical (unpaired) electrons. The number of nitrogens with zero attached hydrogens (tertiary/aromatic N) is 3. The standard InChI is InChI=1S/C20H20N4O4S2.Na/c1-23(12-6-3-2-4-7-12)14-11-30-19-16(18(26)24(19)17(21-14)20(27)28)22-15(25)10-13-8-5-9-29-13;/h2-9,16-17,19H,10-11H2,1H3,(H,22,25)(H,27,28);/q;+1/p-1/t16-,17+,19-;/m0./s1. The molecule has 3 heterocycles. The fraction of sp³-hybridized carbons (Fsp3) is 0.300. The number of amides is 2. The van der Waals surface area contributed by atoms with Gasteiger partial charge in [0, 0.05) is 17.6 Å². The first kappa shape index (κ1) is 23.8. The molecule has 1 N–H and O–H groups in total. The van der Waals surface area contributed by atoms with Crippen LogP contribution in [0.1, 0.15) is 4.88 Å². The molecule has 1 fully saturated rings. The van der Waals surface area contributed by atoms with E-state index in [9.17, 15) is 19.5 Å². The summed E-state index contributed by atoms with van der Waals surface area (Å²) >= 11 is 2.84. The second-order valence-electron chi connectivity index (χ2n) is 6.88. The minimum Gasteiger partial charge on any atom is -0.546 e. The summed E-state index contributed by atoms with van der Waals surface area (Å²) in [6, 6.07) is 12.4. The Hall–Kier alpha value is -1.85. The van der Waals surface area contributed by atoms with Crippen LogP contribution in [-0.4, -0.2) is 58.9 Å². The number of carbonyl (C=O) groups is 3. The van der Waals surface area contributed by atoms with Gasteiger partial charge in [0.25, 0.3) is 5.91 Å². The fourth-order valence-electron chi connectivity index (χ4n) is 3.40. The number of amidine groups is 1. The van der Waals surface area contributed by atoms with E-state index in [0.717, 1.165) is 10.6 Å². The van der Waals surface area contributed by atoms with Crippen LogP contribution in [0.5, 0.6) is 0 Å². The number of rotatable bonds is 5. The molecule has 1 aromatic carbocycles. The number of hydrogen-bond donors (Lipinski definition) is 1. The number of hydrogen-bond acceptors (Lipinski definition) is 8. The third kappa shape index (κ3) is 4.98. The summed E-state index contributed by atoms with van der Waals surface area (Å²) in [6.45, 7) is 0. The van der Waals surface area contributed by atoms with E-state index in [2.05, 4.69) is 10.3 Å². The molecule has 2 amide bonds. The van der Waals surface area contributed by atoms with Crippen LogP contribution in [0.25, 0.3) is 0 Å². The molecule has 0 aliphatic carbocycles. The number of aliphatic carboxylic acids is 1. The zero-order chi connectivity index (χ0) is 21.3. The van der Waals surface area contributed by atoms with Gasteiger partial charge in [0.15, 0.2) is 6.17 Å². The third-order valence-electron chi connectivity index (χ3n) is 4.97. The van der Waals surface area contributed by atoms with Gasteiger partial charge in [0.1, 0.15) is 17.3 Å². The molecule has 2 aliphatic rings. The Bertz CT molecular complexity index is 986. The van der Waals surface area contributed by atoms with Gasteiger partial charge in [-0.15, -0.1) is 23.1 Å². The van der Waals surface area contributed by atoms with E-state index in [1.54, 1.807) is 11.9 Å². The number of aliphatic imine (C=N–C) groups is 1. The van der Waals surface area contributed by atoms with E-state index >= 15 is 0 Å². The average molecular weight is 467 g/mol. The van der Waals surface area contributed by atoms with Crippen LogP contribution in [0.2, 0.25) is 0 Å². The van der Waals surface area contributed by atoms with Crippen molar-refractivity contribution in [1.82, 2.24) is 10.2 Å². The van der Waals surface area contributed by atoms with Gasteiger partial charge in [0.2, 0.25) is 5.91 Å². The van der Waals surface area contributed by atoms with E-state index in [0.29, 0.717) is 11.6 Å². The Balaban J connectivity index is 0.00000272. The summed E-state index contributed by atoms with van der Waals surface area (Å²) in [4.78, 5) is 45.0. The summed E-state index contributed by atoms with van der Waals surface area (Å²) < 4.78 is 0. The molecule has 0 unspecified atom stereocenters. The monoisotopic (exact) mass is 466 g/mol. The Kier molecular flexibility index (Phi) is 7.82. The molecule has 4 rings (SSSR count). The van der Waals surface area contributed by atoms with E-state index < -0.39 is 29.5 Å². The van der Waals surface area contributed by atoms with Crippen molar-refractivity contribution in [2.24, 2.45) is 4.99 Å². The Morgan fingerprint density at radius 3 is 2.65 bits per heavy atom. The van der Waals surface area contributed by atoms with Crippen molar-refractivity contribution in [3.05, 3.63) is 52.7 Å². The summed E-state index contributed by atoms with van der Waals surface area (Å²) in [6.07, 6.45) is -1.24. The van der Waals surface area contributed by atoms with Crippen molar-refractivity contribution < 1.29 is 49.0 Å². The Morgan fingerprint density at radius 1 is 1.26 bits per heavy atom. The number of benzene rings is 1. The van der Waals surface area contributed by atoms with Gasteiger partial charge in [-0.2, -0.15) is 0 Å². The molecule has 3 atom stereocenters. The van der Waals surface area contributed by atoms with Crippen molar-refractivity contribution in [3.8, 4) is 0 Å². The van der Waals surface area contributed by atoms with E-state index in [1.165, 1.54) is 28.0 Å². The topological polar surface area (TPSA) is 105 Å². The van der Waals surface area contributed by atoms with Crippen LogP contribution in [0.4, 0.5) is 5.69 Å². The summed E-state index contributed by atoms with van der Waals surface area (Å²) in [5, 5.41) is 15.9. The molecule has 0 bridgehead atoms. The fourth-order valence-corrected chi connectivity index (χ4v) is 5.45. The van der Waals surface area contributed by atoms with Crippen LogP contribution in [-0.2, 0) is 20.8 Å². The number of thioether (sulfide) groups is 1. The normalized spacial score (nSPS) is 22.2. The van der Waals surface area contributed by atoms with Gasteiger partial charge < -0.3 is 20.1 Å². The maximum atomic E-state index is 12.7. The van der Waals surface area contributed by atoms with Crippen LogP contribution in [0.3, 0.4) is 0 Å². The second-order valence-corrected chi connectivity index (χ2v) is 9.02. The maximum Gasteiger partial charge on any atom is 1.00 e. The summed E-state index contributed by atoms with van der Waals surface area (Å²) in [7, 11) is 1.80. The third-order valence-corrected chi connectivity index (χ3v) is 7.11. The first-order valence-electron chi connectivity index (χ1n) is 9.27. The van der Waals surface area contributed by atoms with Crippen molar-refractivity contribution in [2.75, 3.05) is 17.7 Å². The van der Waals surface area contributed by atoms with Crippen molar-refractivity contribution in [3.63, 3.8) is 0 Å². The summed E-state index contributed by atoms with van der Waals surface area (Å²) in [5.41, 5.74) is 0.852. The molecule has 11 heteroatoms. The van der Waals surface area contributed by atoms with E-state index in [-0.39, 0.29) is 41.9 Å². The number of fused-ring (bicyclic) bond motifs is 1. The molecule has 0 saturated carbocycles. The first-order valence-corrected chi connectivity index (χ1v) is 11.2. The molecule has 31 heavy (non-hydrogen) atoms. The predicted octanol–water partition coefficient (Wildman–Crippen LogP) is -2.69. The van der Waals surface area contributed by atoms with Crippen molar-refractivity contribution >= 4 is 52.4 Å². The quantitative estimate of drug-likeness (QED) is 0.380. The number of nitrogens with one attached hydrogen (secondary N) is 1. The molecule has 2 aliphatic heterocycles. The smallest absolute Gasteiger partial charge is 0.546 e. The van der Waals surface area contributed by atoms with Gasteiger partial charge in [-0.3, -0.25) is 14.5 Å². The number of carboxylic acids is 1.